The van der Waals surface area contributed by atoms with E-state index in [2.05, 4.69) is 15.3 Å². The lowest BCUT2D eigenvalue weighted by atomic mass is 9.96. The van der Waals surface area contributed by atoms with Crippen LogP contribution in [0.3, 0.4) is 0 Å². The molecule has 2 fully saturated rings. The lowest BCUT2D eigenvalue weighted by Gasteiger charge is -2.25. The Hall–Kier alpha value is -1.73. The van der Waals surface area contributed by atoms with Gasteiger partial charge in [0.25, 0.3) is 0 Å². The smallest absolute Gasteiger partial charge is 0.220 e. The Kier molecular flexibility index (Phi) is 5.07. The summed E-state index contributed by atoms with van der Waals surface area (Å²) >= 11 is 0. The molecule has 7 heteroatoms. The Labute approximate surface area is 136 Å². The predicted octanol–water partition coefficient (Wildman–Crippen LogP) is 0.351. The zero-order chi connectivity index (χ0) is 16.1. The summed E-state index contributed by atoms with van der Waals surface area (Å²) in [6, 6.07) is 0. The van der Waals surface area contributed by atoms with Crippen molar-refractivity contribution in [2.45, 2.75) is 31.3 Å². The van der Waals surface area contributed by atoms with Crippen molar-refractivity contribution in [1.82, 2.24) is 15.3 Å². The van der Waals surface area contributed by atoms with Gasteiger partial charge in [0.15, 0.2) is 0 Å². The Bertz CT molecular complexity index is 521. The van der Waals surface area contributed by atoms with E-state index in [9.17, 15) is 9.90 Å². The van der Waals surface area contributed by atoms with Gasteiger partial charge in [-0.1, -0.05) is 0 Å². The topological polar surface area (TPSA) is 87.6 Å². The highest BCUT2D eigenvalue weighted by atomic mass is 16.5. The van der Waals surface area contributed by atoms with Gasteiger partial charge in [-0.15, -0.1) is 0 Å². The molecule has 3 heterocycles. The lowest BCUT2D eigenvalue weighted by molar-refractivity contribution is -0.123. The zero-order valence-corrected chi connectivity index (χ0v) is 13.3. The minimum Gasteiger partial charge on any atom is -0.386 e. The zero-order valence-electron chi connectivity index (χ0n) is 13.3. The summed E-state index contributed by atoms with van der Waals surface area (Å²) < 4.78 is 5.30. The summed E-state index contributed by atoms with van der Waals surface area (Å²) in [5.74, 6) is 1.18. The first-order valence-corrected chi connectivity index (χ1v) is 8.22. The third-order valence-electron chi connectivity index (χ3n) is 4.64. The number of hydrogen-bond acceptors (Lipinski definition) is 6. The van der Waals surface area contributed by atoms with Gasteiger partial charge in [-0.3, -0.25) is 9.78 Å². The van der Waals surface area contributed by atoms with Crippen molar-refractivity contribution in [3.8, 4) is 0 Å². The Morgan fingerprint density at radius 2 is 2.26 bits per heavy atom. The van der Waals surface area contributed by atoms with Crippen LogP contribution >= 0.6 is 0 Å². The number of aromatic nitrogens is 2. The monoisotopic (exact) mass is 320 g/mol. The standard InChI is InChI=1S/C16H24N4O3/c21-15(9-13-1-7-23-8-2-13)19-11-16(22)3-6-20(12-16)14-10-17-4-5-18-14/h4-5,10,13,22H,1-3,6-9,11-12H2,(H,19,21). The summed E-state index contributed by atoms with van der Waals surface area (Å²) in [6.45, 7) is 2.95. The molecular weight excluding hydrogens is 296 g/mol. The van der Waals surface area contributed by atoms with Gasteiger partial charge in [0, 0.05) is 51.7 Å². The first-order valence-electron chi connectivity index (χ1n) is 8.22. The van der Waals surface area contributed by atoms with Gasteiger partial charge < -0.3 is 20.1 Å². The number of carbonyl (C=O) groups excluding carboxylic acids is 1. The van der Waals surface area contributed by atoms with E-state index in [0.29, 0.717) is 31.8 Å². The van der Waals surface area contributed by atoms with Crippen molar-refractivity contribution >= 4 is 11.7 Å². The predicted molar refractivity (Wildman–Crippen MR) is 85.0 cm³/mol. The molecule has 1 unspecified atom stereocenters. The number of hydrogen-bond donors (Lipinski definition) is 2. The van der Waals surface area contributed by atoms with Crippen LogP contribution in [0.2, 0.25) is 0 Å². The van der Waals surface area contributed by atoms with Gasteiger partial charge in [-0.25, -0.2) is 4.98 Å². The van der Waals surface area contributed by atoms with E-state index in [1.807, 2.05) is 4.90 Å². The van der Waals surface area contributed by atoms with Crippen LogP contribution in [-0.4, -0.2) is 59.4 Å². The van der Waals surface area contributed by atoms with Crippen molar-refractivity contribution < 1.29 is 14.6 Å². The van der Waals surface area contributed by atoms with Gasteiger partial charge in [-0.05, 0) is 25.2 Å². The molecule has 2 saturated heterocycles. The van der Waals surface area contributed by atoms with Crippen LogP contribution in [0.4, 0.5) is 5.82 Å². The first-order chi connectivity index (χ1) is 11.1. The second-order valence-electron chi connectivity index (χ2n) is 6.50. The summed E-state index contributed by atoms with van der Waals surface area (Å²) in [5.41, 5.74) is -0.900. The van der Waals surface area contributed by atoms with Gasteiger partial charge in [0.2, 0.25) is 5.91 Å². The molecule has 0 aliphatic carbocycles. The summed E-state index contributed by atoms with van der Waals surface area (Å²) in [7, 11) is 0. The quantitative estimate of drug-likeness (QED) is 0.814. The minimum absolute atomic E-state index is 0.0169. The molecule has 23 heavy (non-hydrogen) atoms. The average molecular weight is 320 g/mol. The van der Waals surface area contributed by atoms with E-state index >= 15 is 0 Å². The van der Waals surface area contributed by atoms with Gasteiger partial charge in [0.1, 0.15) is 11.4 Å². The molecule has 0 spiro atoms. The molecule has 2 N–H and O–H groups in total. The van der Waals surface area contributed by atoms with E-state index in [1.165, 1.54) is 0 Å². The van der Waals surface area contributed by atoms with Crippen molar-refractivity contribution in [2.75, 3.05) is 37.7 Å². The molecule has 2 aliphatic rings. The molecule has 0 aromatic carbocycles. The van der Waals surface area contributed by atoms with Crippen molar-refractivity contribution in [3.63, 3.8) is 0 Å². The maximum Gasteiger partial charge on any atom is 0.220 e. The fraction of sp³-hybridized carbons (Fsp3) is 0.688. The highest BCUT2D eigenvalue weighted by Crippen LogP contribution is 2.24. The maximum absolute atomic E-state index is 12.1. The fourth-order valence-electron chi connectivity index (χ4n) is 3.20. The molecule has 3 rings (SSSR count). The van der Waals surface area contributed by atoms with Crippen molar-refractivity contribution in [2.24, 2.45) is 5.92 Å². The number of β-amino-alcohol motifs (C(OH)–C–C–N with tert-alkyl or cyclic N) is 1. The van der Waals surface area contributed by atoms with Gasteiger partial charge >= 0.3 is 0 Å². The van der Waals surface area contributed by atoms with Crippen LogP contribution < -0.4 is 10.2 Å². The number of nitrogens with one attached hydrogen (secondary N) is 1. The number of ether oxygens (including phenoxy) is 1. The summed E-state index contributed by atoms with van der Waals surface area (Å²) in [6.07, 6.45) is 7.98. The third kappa shape index (κ3) is 4.39. The number of anilines is 1. The SMILES string of the molecule is O=C(CC1CCOCC1)NCC1(O)CCN(c2cnccn2)C1. The molecule has 1 atom stereocenters. The van der Waals surface area contributed by atoms with E-state index in [0.717, 1.165) is 31.9 Å². The number of aliphatic hydroxyl groups is 1. The summed E-state index contributed by atoms with van der Waals surface area (Å²) in [4.78, 5) is 22.4. The van der Waals surface area contributed by atoms with Gasteiger partial charge in [0.05, 0.1) is 6.20 Å². The Morgan fingerprint density at radius 1 is 1.43 bits per heavy atom. The Balaban J connectivity index is 1.45. The second-order valence-corrected chi connectivity index (χ2v) is 6.50. The number of rotatable bonds is 5. The third-order valence-corrected chi connectivity index (χ3v) is 4.64. The first kappa shape index (κ1) is 16.1. The largest absolute Gasteiger partial charge is 0.386 e. The van der Waals surface area contributed by atoms with Crippen LogP contribution in [0.1, 0.15) is 25.7 Å². The summed E-state index contributed by atoms with van der Waals surface area (Å²) in [5, 5.41) is 13.5. The average Bonchev–Trinajstić information content (AvgIpc) is 2.98. The number of carbonyl (C=O) groups is 1. The van der Waals surface area contributed by atoms with E-state index < -0.39 is 5.60 Å². The normalized spacial score (nSPS) is 25.5. The molecule has 1 aromatic rings. The van der Waals surface area contributed by atoms with E-state index in [4.69, 9.17) is 4.74 Å². The molecule has 0 saturated carbocycles. The fourth-order valence-corrected chi connectivity index (χ4v) is 3.20. The Morgan fingerprint density at radius 3 is 3.00 bits per heavy atom. The molecule has 1 aromatic heterocycles. The molecule has 2 aliphatic heterocycles. The van der Waals surface area contributed by atoms with E-state index in [-0.39, 0.29) is 12.5 Å². The lowest BCUT2D eigenvalue weighted by Crippen LogP contribution is -2.45. The molecule has 0 bridgehead atoms. The number of nitrogens with zero attached hydrogens (tertiary/aromatic N) is 3. The number of amides is 1. The maximum atomic E-state index is 12.1. The van der Waals surface area contributed by atoms with Crippen LogP contribution in [0.5, 0.6) is 0 Å². The molecular formula is C16H24N4O3. The highest BCUT2D eigenvalue weighted by molar-refractivity contribution is 5.76. The minimum atomic E-state index is -0.900. The van der Waals surface area contributed by atoms with Crippen LogP contribution in [0.25, 0.3) is 0 Å². The molecule has 126 valence electrons. The van der Waals surface area contributed by atoms with E-state index in [1.54, 1.807) is 18.6 Å². The highest BCUT2D eigenvalue weighted by Gasteiger charge is 2.37. The van der Waals surface area contributed by atoms with Crippen molar-refractivity contribution in [3.05, 3.63) is 18.6 Å². The van der Waals surface area contributed by atoms with Crippen LogP contribution in [0.15, 0.2) is 18.6 Å². The van der Waals surface area contributed by atoms with Crippen LogP contribution in [-0.2, 0) is 9.53 Å². The van der Waals surface area contributed by atoms with Crippen LogP contribution in [0, 0.1) is 5.92 Å². The molecule has 7 nitrogen and oxygen atoms in total. The molecule has 0 radical (unpaired) electrons. The second kappa shape index (κ2) is 7.23. The van der Waals surface area contributed by atoms with Crippen molar-refractivity contribution in [1.29, 1.82) is 0 Å². The van der Waals surface area contributed by atoms with Gasteiger partial charge in [-0.2, -0.15) is 0 Å². The molecule has 1 amide bonds.